The molecule has 2 amide bonds. The molecule has 1 atom stereocenters. The normalized spacial score (nSPS) is 16.4. The Balaban J connectivity index is 2.20. The average Bonchev–Trinajstić information content (AvgIpc) is 2.61. The maximum absolute atomic E-state index is 12.5. The van der Waals surface area contributed by atoms with Crippen molar-refractivity contribution in [3.8, 4) is 0 Å². The van der Waals surface area contributed by atoms with Gasteiger partial charge in [-0.15, -0.1) is 0 Å². The van der Waals surface area contributed by atoms with Crippen LogP contribution in [-0.2, 0) is 19.7 Å². The minimum absolute atomic E-state index is 0.264. The topological polar surface area (TPSA) is 67.9 Å². The molecule has 2 rings (SSSR count). The molecule has 1 heterocycles. The average molecular weight is 334 g/mol. The molecule has 132 valence electrons. The lowest BCUT2D eigenvalue weighted by molar-refractivity contribution is -0.147. The smallest absolute Gasteiger partial charge is 0.329 e. The van der Waals surface area contributed by atoms with Crippen molar-refractivity contribution in [1.82, 2.24) is 10.2 Å². The minimum Gasteiger partial charge on any atom is -0.464 e. The van der Waals surface area contributed by atoms with Gasteiger partial charge in [0, 0.05) is 18.5 Å². The summed E-state index contributed by atoms with van der Waals surface area (Å²) in [7, 11) is 0. The van der Waals surface area contributed by atoms with E-state index in [0.717, 1.165) is 5.56 Å². The third-order valence-electron chi connectivity index (χ3n) is 4.33. The Labute approximate surface area is 143 Å². The summed E-state index contributed by atoms with van der Waals surface area (Å²) in [6, 6.07) is 8.63. The molecule has 1 aromatic carbocycles. The van der Waals surface area contributed by atoms with Gasteiger partial charge in [0.15, 0.2) is 0 Å². The lowest BCUT2D eigenvalue weighted by atomic mass is 9.77. The number of hydrogen-bond donors (Lipinski definition) is 1. The van der Waals surface area contributed by atoms with Crippen LogP contribution in [0.3, 0.4) is 0 Å². The van der Waals surface area contributed by atoms with Gasteiger partial charge in [0.25, 0.3) is 0 Å². The van der Waals surface area contributed by atoms with Gasteiger partial charge in [-0.1, -0.05) is 44.2 Å². The van der Waals surface area contributed by atoms with Crippen LogP contribution in [0.4, 0.5) is 4.79 Å². The van der Waals surface area contributed by atoms with Gasteiger partial charge in [-0.3, -0.25) is 0 Å². The Morgan fingerprint density at radius 2 is 1.88 bits per heavy atom. The van der Waals surface area contributed by atoms with Crippen molar-refractivity contribution >= 4 is 12.0 Å². The number of carbonyl (C=O) groups excluding carboxylic acids is 2. The molecule has 1 aromatic rings. The van der Waals surface area contributed by atoms with Gasteiger partial charge in [-0.05, 0) is 12.5 Å². The second-order valence-electron chi connectivity index (χ2n) is 6.32. The summed E-state index contributed by atoms with van der Waals surface area (Å²) in [5, 5.41) is 2.87. The number of nitrogens with zero attached hydrogens (tertiary/aromatic N) is 1. The maximum Gasteiger partial charge on any atom is 0.329 e. The zero-order valence-corrected chi connectivity index (χ0v) is 14.6. The van der Waals surface area contributed by atoms with Crippen molar-refractivity contribution in [3.05, 3.63) is 35.9 Å². The lowest BCUT2D eigenvalue weighted by Crippen LogP contribution is -2.57. The van der Waals surface area contributed by atoms with Gasteiger partial charge < -0.3 is 19.7 Å². The number of rotatable bonds is 5. The third kappa shape index (κ3) is 4.26. The zero-order chi connectivity index (χ0) is 17.6. The predicted molar refractivity (Wildman–Crippen MR) is 90.8 cm³/mol. The number of benzene rings is 1. The number of morpholine rings is 1. The monoisotopic (exact) mass is 334 g/mol. The first-order valence-corrected chi connectivity index (χ1v) is 8.32. The van der Waals surface area contributed by atoms with E-state index in [2.05, 4.69) is 5.32 Å². The van der Waals surface area contributed by atoms with Crippen LogP contribution in [0, 0.1) is 0 Å². The molecule has 1 fully saturated rings. The van der Waals surface area contributed by atoms with Crippen LogP contribution < -0.4 is 5.32 Å². The molecule has 0 unspecified atom stereocenters. The minimum atomic E-state index is -0.768. The van der Waals surface area contributed by atoms with E-state index in [1.54, 1.807) is 11.8 Å². The maximum atomic E-state index is 12.5. The Morgan fingerprint density at radius 1 is 1.25 bits per heavy atom. The fourth-order valence-electron chi connectivity index (χ4n) is 2.78. The molecule has 0 saturated carbocycles. The van der Waals surface area contributed by atoms with Gasteiger partial charge in [-0.25, -0.2) is 9.59 Å². The van der Waals surface area contributed by atoms with Crippen molar-refractivity contribution in [2.24, 2.45) is 0 Å². The number of hydrogen-bond acceptors (Lipinski definition) is 4. The SMILES string of the molecule is CCOC(=O)[C@@H](NC(=O)N1CCOCC1)C(C)(C)c1ccccc1. The van der Waals surface area contributed by atoms with Gasteiger partial charge >= 0.3 is 12.0 Å². The number of ether oxygens (including phenoxy) is 2. The van der Waals surface area contributed by atoms with Crippen LogP contribution in [0.25, 0.3) is 0 Å². The first-order chi connectivity index (χ1) is 11.5. The Kier molecular flexibility index (Phi) is 6.20. The molecule has 1 N–H and O–H groups in total. The van der Waals surface area contributed by atoms with Gasteiger partial charge in [-0.2, -0.15) is 0 Å². The number of urea groups is 1. The summed E-state index contributed by atoms with van der Waals surface area (Å²) in [5.41, 5.74) is 0.362. The van der Waals surface area contributed by atoms with Gasteiger partial charge in [0.2, 0.25) is 0 Å². The number of carbonyl (C=O) groups is 2. The number of amides is 2. The molecular weight excluding hydrogens is 308 g/mol. The van der Waals surface area contributed by atoms with Crippen LogP contribution in [0.5, 0.6) is 0 Å². The highest BCUT2D eigenvalue weighted by Gasteiger charge is 2.39. The Hall–Kier alpha value is -2.08. The summed E-state index contributed by atoms with van der Waals surface area (Å²) in [4.78, 5) is 26.7. The van der Waals surface area contributed by atoms with E-state index in [4.69, 9.17) is 9.47 Å². The van der Waals surface area contributed by atoms with Crippen LogP contribution in [0.1, 0.15) is 26.3 Å². The van der Waals surface area contributed by atoms with Gasteiger partial charge in [0.1, 0.15) is 6.04 Å². The summed E-state index contributed by atoms with van der Waals surface area (Å²) in [6.07, 6.45) is 0. The lowest BCUT2D eigenvalue weighted by Gasteiger charge is -2.36. The van der Waals surface area contributed by atoms with E-state index in [-0.39, 0.29) is 12.6 Å². The van der Waals surface area contributed by atoms with Crippen molar-refractivity contribution in [2.75, 3.05) is 32.9 Å². The number of nitrogens with one attached hydrogen (secondary N) is 1. The largest absolute Gasteiger partial charge is 0.464 e. The molecular formula is C18H26N2O4. The van der Waals surface area contributed by atoms with E-state index in [1.165, 1.54) is 0 Å². The molecule has 0 radical (unpaired) electrons. The Morgan fingerprint density at radius 3 is 2.46 bits per heavy atom. The second kappa shape index (κ2) is 8.15. The molecule has 24 heavy (non-hydrogen) atoms. The zero-order valence-electron chi connectivity index (χ0n) is 14.6. The van der Waals surface area contributed by atoms with Crippen LogP contribution in [-0.4, -0.2) is 55.9 Å². The summed E-state index contributed by atoms with van der Waals surface area (Å²) >= 11 is 0. The third-order valence-corrected chi connectivity index (χ3v) is 4.33. The first kappa shape index (κ1) is 18.3. The van der Waals surface area contributed by atoms with Crippen LogP contribution >= 0.6 is 0 Å². The quantitative estimate of drug-likeness (QED) is 0.836. The Bertz CT molecular complexity index is 553. The first-order valence-electron chi connectivity index (χ1n) is 8.32. The molecule has 1 aliphatic rings. The predicted octanol–water partition coefficient (Wildman–Crippen LogP) is 1.94. The van der Waals surface area contributed by atoms with Crippen molar-refractivity contribution in [2.45, 2.75) is 32.2 Å². The highest BCUT2D eigenvalue weighted by Crippen LogP contribution is 2.28. The van der Waals surface area contributed by atoms with Crippen LogP contribution in [0.15, 0.2) is 30.3 Å². The molecule has 6 nitrogen and oxygen atoms in total. The molecule has 0 spiro atoms. The highest BCUT2D eigenvalue weighted by molar-refractivity contribution is 5.85. The van der Waals surface area contributed by atoms with Crippen molar-refractivity contribution in [1.29, 1.82) is 0 Å². The summed E-state index contributed by atoms with van der Waals surface area (Å²) < 4.78 is 10.5. The van der Waals surface area contributed by atoms with Crippen molar-refractivity contribution < 1.29 is 19.1 Å². The van der Waals surface area contributed by atoms with E-state index < -0.39 is 17.4 Å². The van der Waals surface area contributed by atoms with E-state index in [1.807, 2.05) is 44.2 Å². The van der Waals surface area contributed by atoms with E-state index in [0.29, 0.717) is 26.3 Å². The summed E-state index contributed by atoms with van der Waals surface area (Å²) in [5.74, 6) is -0.423. The fourth-order valence-corrected chi connectivity index (χ4v) is 2.78. The van der Waals surface area contributed by atoms with Gasteiger partial charge in [0.05, 0.1) is 19.8 Å². The molecule has 0 aromatic heterocycles. The molecule has 6 heteroatoms. The molecule has 1 aliphatic heterocycles. The fraction of sp³-hybridized carbons (Fsp3) is 0.556. The standard InChI is InChI=1S/C18H26N2O4/c1-4-24-16(21)15(18(2,3)14-8-6-5-7-9-14)19-17(22)20-10-12-23-13-11-20/h5-9,15H,4,10-13H2,1-3H3,(H,19,22)/t15-/m1/s1. The van der Waals surface area contributed by atoms with E-state index >= 15 is 0 Å². The van der Waals surface area contributed by atoms with Crippen LogP contribution in [0.2, 0.25) is 0 Å². The summed E-state index contributed by atoms with van der Waals surface area (Å²) in [6.45, 7) is 7.97. The highest BCUT2D eigenvalue weighted by atomic mass is 16.5. The second-order valence-corrected chi connectivity index (χ2v) is 6.32. The van der Waals surface area contributed by atoms with E-state index in [9.17, 15) is 9.59 Å². The van der Waals surface area contributed by atoms with Crippen molar-refractivity contribution in [3.63, 3.8) is 0 Å². The number of esters is 1. The molecule has 0 aliphatic carbocycles. The molecule has 0 bridgehead atoms. The molecule has 1 saturated heterocycles.